The molecule has 0 N–H and O–H groups in total. The van der Waals surface area contributed by atoms with Gasteiger partial charge in [0, 0.05) is 5.92 Å². The lowest BCUT2D eigenvalue weighted by Gasteiger charge is -2.03. The topological polar surface area (TPSA) is 26.3 Å². The molecule has 0 aromatic heterocycles. The van der Waals surface area contributed by atoms with Gasteiger partial charge in [-0.15, -0.1) is 0 Å². The van der Waals surface area contributed by atoms with Gasteiger partial charge in [0.05, 0.1) is 6.42 Å². The van der Waals surface area contributed by atoms with Crippen LogP contribution < -0.4 is 0 Å². The van der Waals surface area contributed by atoms with Gasteiger partial charge in [0.1, 0.15) is 6.10 Å². The number of esters is 1. The van der Waals surface area contributed by atoms with Gasteiger partial charge in [0.2, 0.25) is 0 Å². The third-order valence-electron chi connectivity index (χ3n) is 2.30. The normalized spacial score (nSPS) is 29.1. The second-order valence-electron chi connectivity index (χ2n) is 2.92. The van der Waals surface area contributed by atoms with E-state index in [1.165, 1.54) is 12.8 Å². The molecule has 13 heavy (non-hydrogen) atoms. The van der Waals surface area contributed by atoms with E-state index >= 15 is 0 Å². The van der Waals surface area contributed by atoms with Crippen molar-refractivity contribution in [1.29, 1.82) is 0 Å². The lowest BCUT2D eigenvalue weighted by atomic mass is 10.1. The van der Waals surface area contributed by atoms with E-state index in [1.807, 2.05) is 27.7 Å². The summed E-state index contributed by atoms with van der Waals surface area (Å²) in [5, 5.41) is 0. The first-order valence-corrected chi connectivity index (χ1v) is 5.56. The van der Waals surface area contributed by atoms with E-state index in [0.717, 1.165) is 6.42 Å². The first-order chi connectivity index (χ1) is 6.36. The summed E-state index contributed by atoms with van der Waals surface area (Å²) in [4.78, 5) is 10.6. The lowest BCUT2D eigenvalue weighted by molar-refractivity contribution is -0.141. The molecule has 2 fully saturated rings. The predicted octanol–water partition coefficient (Wildman–Crippen LogP) is 3.15. The van der Waals surface area contributed by atoms with Crippen LogP contribution in [-0.2, 0) is 9.53 Å². The Hall–Kier alpha value is -0.530. The third-order valence-corrected chi connectivity index (χ3v) is 2.30. The summed E-state index contributed by atoms with van der Waals surface area (Å²) in [5.74, 6) is 0.599. The molecule has 1 aliphatic heterocycles. The van der Waals surface area contributed by atoms with E-state index in [2.05, 4.69) is 0 Å². The number of ether oxygens (including phenoxy) is 1. The number of carbonyl (C=O) groups is 1. The molecule has 1 aliphatic carbocycles. The summed E-state index contributed by atoms with van der Waals surface area (Å²) in [6.45, 7) is 8.00. The monoisotopic (exact) mass is 186 g/mol. The summed E-state index contributed by atoms with van der Waals surface area (Å²) in [5.41, 5.74) is 0. The van der Waals surface area contributed by atoms with Crippen LogP contribution >= 0.6 is 0 Å². The lowest BCUT2D eigenvalue weighted by Crippen LogP contribution is -2.06. The molecule has 2 heteroatoms. The zero-order valence-corrected chi connectivity index (χ0v) is 9.30. The maximum absolute atomic E-state index is 10.6. The van der Waals surface area contributed by atoms with E-state index in [-0.39, 0.29) is 5.97 Å². The second kappa shape index (κ2) is 6.93. The quantitative estimate of drug-likeness (QED) is 0.543. The Morgan fingerprint density at radius 1 is 1.15 bits per heavy atom. The van der Waals surface area contributed by atoms with E-state index < -0.39 is 0 Å². The van der Waals surface area contributed by atoms with Crippen molar-refractivity contribution in [2.45, 2.75) is 59.5 Å². The smallest absolute Gasteiger partial charge is 0.306 e. The summed E-state index contributed by atoms with van der Waals surface area (Å²) in [6.07, 6.45) is 4.55. The fourth-order valence-electron chi connectivity index (χ4n) is 1.82. The first-order valence-electron chi connectivity index (χ1n) is 5.56. The summed E-state index contributed by atoms with van der Waals surface area (Å²) < 4.78 is 5.05. The summed E-state index contributed by atoms with van der Waals surface area (Å²) in [7, 11) is 0. The van der Waals surface area contributed by atoms with Crippen LogP contribution in [0.4, 0.5) is 0 Å². The van der Waals surface area contributed by atoms with Gasteiger partial charge in [-0.1, -0.05) is 27.7 Å². The molecule has 0 spiro atoms. The molecule has 0 radical (unpaired) electrons. The van der Waals surface area contributed by atoms with E-state index in [0.29, 0.717) is 18.4 Å². The Bertz CT molecular complexity index is 129. The molecule has 1 heterocycles. The highest BCUT2D eigenvalue weighted by atomic mass is 16.5. The highest BCUT2D eigenvalue weighted by Crippen LogP contribution is 2.35. The molecule has 2 aliphatic rings. The van der Waals surface area contributed by atoms with Crippen LogP contribution in [-0.4, -0.2) is 12.1 Å². The molecule has 2 unspecified atom stereocenters. The highest BCUT2D eigenvalue weighted by molar-refractivity contribution is 5.72. The largest absolute Gasteiger partial charge is 0.462 e. The minimum absolute atomic E-state index is 0.0182. The van der Waals surface area contributed by atoms with Crippen LogP contribution in [0.5, 0.6) is 0 Å². The van der Waals surface area contributed by atoms with Crippen LogP contribution in [0.25, 0.3) is 0 Å². The SMILES string of the molecule is CC.CC.O=C1CC2CCCC2O1. The first kappa shape index (κ1) is 12.5. The molecule has 0 bridgehead atoms. The van der Waals surface area contributed by atoms with Crippen molar-refractivity contribution < 1.29 is 9.53 Å². The van der Waals surface area contributed by atoms with Crippen LogP contribution in [0.2, 0.25) is 0 Å². The molecule has 78 valence electrons. The van der Waals surface area contributed by atoms with Gasteiger partial charge in [-0.2, -0.15) is 0 Å². The van der Waals surface area contributed by atoms with Gasteiger partial charge in [-0.05, 0) is 19.3 Å². The van der Waals surface area contributed by atoms with Gasteiger partial charge in [0.25, 0.3) is 0 Å². The fourth-order valence-corrected chi connectivity index (χ4v) is 1.82. The zero-order valence-electron chi connectivity index (χ0n) is 9.30. The maximum atomic E-state index is 10.6. The van der Waals surface area contributed by atoms with Crippen LogP contribution in [0.3, 0.4) is 0 Å². The van der Waals surface area contributed by atoms with E-state index in [9.17, 15) is 4.79 Å². The minimum Gasteiger partial charge on any atom is -0.462 e. The van der Waals surface area contributed by atoms with Crippen molar-refractivity contribution in [3.8, 4) is 0 Å². The van der Waals surface area contributed by atoms with Gasteiger partial charge >= 0.3 is 5.97 Å². The van der Waals surface area contributed by atoms with Crippen molar-refractivity contribution in [2.24, 2.45) is 5.92 Å². The zero-order chi connectivity index (χ0) is 10.3. The Labute approximate surface area is 81.7 Å². The molecular formula is C11H22O2. The van der Waals surface area contributed by atoms with Crippen molar-refractivity contribution in [3.63, 3.8) is 0 Å². The van der Waals surface area contributed by atoms with Crippen molar-refractivity contribution in [1.82, 2.24) is 0 Å². The number of hydrogen-bond donors (Lipinski definition) is 0. The van der Waals surface area contributed by atoms with Gasteiger partial charge in [0.15, 0.2) is 0 Å². The third kappa shape index (κ3) is 3.37. The second-order valence-corrected chi connectivity index (χ2v) is 2.92. The van der Waals surface area contributed by atoms with Crippen LogP contribution in [0, 0.1) is 5.92 Å². The molecule has 0 amide bonds. The van der Waals surface area contributed by atoms with Crippen LogP contribution in [0.15, 0.2) is 0 Å². The molecule has 2 atom stereocenters. The molecule has 0 aromatic rings. The fraction of sp³-hybridized carbons (Fsp3) is 0.909. The maximum Gasteiger partial charge on any atom is 0.306 e. The van der Waals surface area contributed by atoms with Gasteiger partial charge in [-0.3, -0.25) is 4.79 Å². The van der Waals surface area contributed by atoms with Crippen molar-refractivity contribution in [2.75, 3.05) is 0 Å². The molecule has 1 saturated heterocycles. The number of rotatable bonds is 0. The highest BCUT2D eigenvalue weighted by Gasteiger charge is 2.37. The number of fused-ring (bicyclic) bond motifs is 1. The minimum atomic E-state index is 0.0182. The molecule has 2 rings (SSSR count). The van der Waals surface area contributed by atoms with Crippen molar-refractivity contribution >= 4 is 5.97 Å². The Morgan fingerprint density at radius 3 is 2.31 bits per heavy atom. The Balaban J connectivity index is 0.000000322. The standard InChI is InChI=1S/C7H10O2.2C2H6/c8-7-4-5-2-1-3-6(5)9-7;2*1-2/h5-6H,1-4H2;2*1-2H3. The molecular weight excluding hydrogens is 164 g/mol. The Morgan fingerprint density at radius 2 is 1.77 bits per heavy atom. The van der Waals surface area contributed by atoms with E-state index in [4.69, 9.17) is 4.74 Å². The van der Waals surface area contributed by atoms with Gasteiger partial charge in [-0.25, -0.2) is 0 Å². The average molecular weight is 186 g/mol. The summed E-state index contributed by atoms with van der Waals surface area (Å²) >= 11 is 0. The Kier molecular flexibility index (Phi) is 6.65. The number of carbonyl (C=O) groups excluding carboxylic acids is 1. The van der Waals surface area contributed by atoms with Gasteiger partial charge < -0.3 is 4.74 Å². The van der Waals surface area contributed by atoms with E-state index in [1.54, 1.807) is 0 Å². The molecule has 1 saturated carbocycles. The van der Waals surface area contributed by atoms with Crippen LogP contribution in [0.1, 0.15) is 53.4 Å². The van der Waals surface area contributed by atoms with Crippen molar-refractivity contribution in [3.05, 3.63) is 0 Å². The average Bonchev–Trinajstić information content (AvgIpc) is 2.71. The number of hydrogen-bond acceptors (Lipinski definition) is 2. The molecule has 0 aromatic carbocycles. The molecule has 2 nitrogen and oxygen atoms in total. The predicted molar refractivity (Wildman–Crippen MR) is 54.5 cm³/mol. The summed E-state index contributed by atoms with van der Waals surface area (Å²) in [6, 6.07) is 0.